The van der Waals surface area contributed by atoms with Gasteiger partial charge in [-0.15, -0.1) is 0 Å². The molecule has 0 unspecified atom stereocenters. The molecule has 0 bridgehead atoms. The molecule has 0 aromatic carbocycles. The van der Waals surface area contributed by atoms with Crippen molar-refractivity contribution >= 4 is 16.8 Å². The summed E-state index contributed by atoms with van der Waals surface area (Å²) in [6.07, 6.45) is 0. The third-order valence-corrected chi connectivity index (χ3v) is 1.20. The first kappa shape index (κ1) is 8.30. The van der Waals surface area contributed by atoms with Gasteiger partial charge in [-0.3, -0.25) is 5.41 Å². The fraction of sp³-hybridized carbons (Fsp3) is 0.400. The number of nitrogens with one attached hydrogen (secondary N) is 1. The van der Waals surface area contributed by atoms with Gasteiger partial charge in [0, 0.05) is 5.57 Å². The van der Waals surface area contributed by atoms with Gasteiger partial charge in [-0.2, -0.15) is 0 Å². The monoisotopic (exact) mass is 148 g/mol. The van der Waals surface area contributed by atoms with Crippen molar-refractivity contribution in [1.82, 2.24) is 0 Å². The number of hydrogen-bond donors (Lipinski definition) is 2. The minimum absolute atomic E-state index is 0.0886. The summed E-state index contributed by atoms with van der Waals surface area (Å²) in [7, 11) is 1.43. The number of ether oxygens (including phenoxy) is 1. The topological polar surface area (TPSA) is 59.1 Å². The molecule has 0 aliphatic heterocycles. The van der Waals surface area contributed by atoms with Gasteiger partial charge in [0.1, 0.15) is 5.17 Å². The van der Waals surface area contributed by atoms with E-state index in [4.69, 9.17) is 22.7 Å². The first-order valence-corrected chi connectivity index (χ1v) is 2.72. The van der Waals surface area contributed by atoms with Crippen LogP contribution >= 0.6 is 11.6 Å². The first-order chi connectivity index (χ1) is 4.09. The van der Waals surface area contributed by atoms with Gasteiger partial charge < -0.3 is 10.5 Å². The Labute approximate surface area is 59.0 Å². The average molecular weight is 149 g/mol. The van der Waals surface area contributed by atoms with E-state index in [1.54, 1.807) is 6.92 Å². The lowest BCUT2D eigenvalue weighted by Gasteiger charge is -2.01. The van der Waals surface area contributed by atoms with Crippen LogP contribution in [0.2, 0.25) is 0 Å². The Morgan fingerprint density at radius 1 is 1.67 bits per heavy atom. The molecule has 0 aliphatic rings. The van der Waals surface area contributed by atoms with E-state index in [9.17, 15) is 0 Å². The zero-order chi connectivity index (χ0) is 7.44. The van der Waals surface area contributed by atoms with E-state index in [2.05, 4.69) is 4.74 Å². The molecule has 0 atom stereocenters. The minimum Gasteiger partial charge on any atom is -0.482 e. The smallest absolute Gasteiger partial charge is 0.189 e. The lowest BCUT2D eigenvalue weighted by Crippen LogP contribution is -2.05. The van der Waals surface area contributed by atoms with Crippen LogP contribution in [-0.4, -0.2) is 12.3 Å². The number of methoxy groups -OCH3 is 1. The summed E-state index contributed by atoms with van der Waals surface area (Å²) < 4.78 is 4.61. The van der Waals surface area contributed by atoms with E-state index in [0.717, 1.165) is 0 Å². The Morgan fingerprint density at radius 3 is 2.22 bits per heavy atom. The van der Waals surface area contributed by atoms with Crippen molar-refractivity contribution in [3.8, 4) is 0 Å². The van der Waals surface area contributed by atoms with E-state index in [1.807, 2.05) is 0 Å². The third-order valence-electron chi connectivity index (χ3n) is 0.919. The molecule has 0 saturated heterocycles. The summed E-state index contributed by atoms with van der Waals surface area (Å²) in [4.78, 5) is 0. The number of rotatable bonds is 2. The van der Waals surface area contributed by atoms with Crippen molar-refractivity contribution in [2.45, 2.75) is 6.92 Å². The summed E-state index contributed by atoms with van der Waals surface area (Å²) in [5, 5.41) is 6.79. The van der Waals surface area contributed by atoms with Crippen LogP contribution in [0.4, 0.5) is 0 Å². The van der Waals surface area contributed by atoms with Gasteiger partial charge in [0.2, 0.25) is 0 Å². The van der Waals surface area contributed by atoms with Gasteiger partial charge in [-0.1, -0.05) is 11.6 Å². The highest BCUT2D eigenvalue weighted by Gasteiger charge is 1.99. The second-order valence-electron chi connectivity index (χ2n) is 1.51. The van der Waals surface area contributed by atoms with Crippen LogP contribution in [0.3, 0.4) is 0 Å². The van der Waals surface area contributed by atoms with Gasteiger partial charge >= 0.3 is 0 Å². The highest BCUT2D eigenvalue weighted by Crippen LogP contribution is 2.02. The average Bonchev–Trinajstić information content (AvgIpc) is 1.84. The number of allylic oxidation sites excluding steroid dienone is 1. The summed E-state index contributed by atoms with van der Waals surface area (Å²) >= 11 is 5.27. The lowest BCUT2D eigenvalue weighted by atomic mass is 10.3. The standard InChI is InChI=1S/C5H9ClN2O/c1-3(4(6)7)5(8)9-2/h7H,8H2,1-2H3/b5-3+,7-4?. The molecule has 0 radical (unpaired) electrons. The van der Waals surface area contributed by atoms with E-state index in [-0.39, 0.29) is 11.1 Å². The van der Waals surface area contributed by atoms with Crippen LogP contribution in [0.1, 0.15) is 6.92 Å². The van der Waals surface area contributed by atoms with Crippen molar-refractivity contribution in [1.29, 1.82) is 5.41 Å². The largest absolute Gasteiger partial charge is 0.482 e. The molecular formula is C5H9ClN2O. The molecule has 0 aromatic heterocycles. The molecule has 3 N–H and O–H groups in total. The zero-order valence-corrected chi connectivity index (χ0v) is 6.12. The predicted molar refractivity (Wildman–Crippen MR) is 37.5 cm³/mol. The lowest BCUT2D eigenvalue weighted by molar-refractivity contribution is 0.285. The molecule has 0 spiro atoms. The normalized spacial score (nSPS) is 12.3. The SMILES string of the molecule is CO/C(N)=C(\C)C(=N)Cl. The highest BCUT2D eigenvalue weighted by atomic mass is 35.5. The molecule has 0 heterocycles. The van der Waals surface area contributed by atoms with E-state index >= 15 is 0 Å². The van der Waals surface area contributed by atoms with Gasteiger partial charge in [0.05, 0.1) is 7.11 Å². The zero-order valence-electron chi connectivity index (χ0n) is 5.36. The molecular weight excluding hydrogens is 140 g/mol. The predicted octanol–water partition coefficient (Wildman–Crippen LogP) is 1.04. The van der Waals surface area contributed by atoms with Crippen LogP contribution < -0.4 is 5.73 Å². The van der Waals surface area contributed by atoms with E-state index in [1.165, 1.54) is 7.11 Å². The van der Waals surface area contributed by atoms with Crippen LogP contribution in [0.25, 0.3) is 0 Å². The molecule has 0 amide bonds. The maximum absolute atomic E-state index is 6.88. The van der Waals surface area contributed by atoms with Crippen LogP contribution in [0, 0.1) is 5.41 Å². The number of hydrogen-bond acceptors (Lipinski definition) is 3. The molecule has 3 nitrogen and oxygen atoms in total. The Hall–Kier alpha value is -0.700. The quantitative estimate of drug-likeness (QED) is 0.454. The molecule has 0 saturated carbocycles. The molecule has 0 rings (SSSR count). The first-order valence-electron chi connectivity index (χ1n) is 2.34. The Kier molecular flexibility index (Phi) is 3.09. The number of halogens is 1. The van der Waals surface area contributed by atoms with Gasteiger partial charge in [-0.05, 0) is 6.92 Å². The van der Waals surface area contributed by atoms with Crippen molar-refractivity contribution in [2.75, 3.05) is 7.11 Å². The van der Waals surface area contributed by atoms with Crippen LogP contribution in [0.15, 0.2) is 11.5 Å². The highest BCUT2D eigenvalue weighted by molar-refractivity contribution is 6.68. The summed E-state index contributed by atoms with van der Waals surface area (Å²) in [5.41, 5.74) is 5.71. The minimum atomic E-state index is -0.0886. The summed E-state index contributed by atoms with van der Waals surface area (Å²) in [6.45, 7) is 1.62. The van der Waals surface area contributed by atoms with E-state index in [0.29, 0.717) is 5.57 Å². The van der Waals surface area contributed by atoms with Gasteiger partial charge in [0.25, 0.3) is 0 Å². The van der Waals surface area contributed by atoms with Crippen LogP contribution in [-0.2, 0) is 4.74 Å². The molecule has 0 aromatic rings. The molecule has 0 fully saturated rings. The maximum Gasteiger partial charge on any atom is 0.189 e. The third kappa shape index (κ3) is 2.37. The van der Waals surface area contributed by atoms with Crippen LogP contribution in [0.5, 0.6) is 0 Å². The van der Waals surface area contributed by atoms with E-state index < -0.39 is 0 Å². The number of nitrogens with two attached hydrogens (primary N) is 1. The fourth-order valence-electron chi connectivity index (χ4n) is 0.261. The Bertz CT molecular complexity index is 153. The summed E-state index contributed by atoms with van der Waals surface area (Å²) in [6, 6.07) is 0. The molecule has 52 valence electrons. The Morgan fingerprint density at radius 2 is 2.11 bits per heavy atom. The van der Waals surface area contributed by atoms with Crippen molar-refractivity contribution in [3.05, 3.63) is 11.5 Å². The van der Waals surface area contributed by atoms with Gasteiger partial charge in [0.15, 0.2) is 5.88 Å². The molecule has 0 aliphatic carbocycles. The molecule has 4 heteroatoms. The molecule has 9 heavy (non-hydrogen) atoms. The van der Waals surface area contributed by atoms with Gasteiger partial charge in [-0.25, -0.2) is 0 Å². The van der Waals surface area contributed by atoms with Crippen molar-refractivity contribution in [2.24, 2.45) is 5.73 Å². The van der Waals surface area contributed by atoms with Crippen molar-refractivity contribution < 1.29 is 4.74 Å². The maximum atomic E-state index is 6.88. The second-order valence-corrected chi connectivity index (χ2v) is 1.89. The summed E-state index contributed by atoms with van der Waals surface area (Å²) in [5.74, 6) is 0.190. The fourth-order valence-corrected chi connectivity index (χ4v) is 0.354. The van der Waals surface area contributed by atoms with Crippen molar-refractivity contribution in [3.63, 3.8) is 0 Å². The second kappa shape index (κ2) is 3.35. The Balaban J connectivity index is 4.28.